The van der Waals surface area contributed by atoms with Crippen LogP contribution in [0.4, 0.5) is 4.79 Å². The zero-order valence-electron chi connectivity index (χ0n) is 20.1. The fourth-order valence-corrected chi connectivity index (χ4v) is 3.85. The van der Waals surface area contributed by atoms with Gasteiger partial charge in [0.25, 0.3) is 0 Å². The Morgan fingerprint density at radius 3 is 2.22 bits per heavy atom. The molecule has 0 aliphatic carbocycles. The van der Waals surface area contributed by atoms with Crippen LogP contribution >= 0.6 is 0 Å². The number of fused-ring (bicyclic) bond motifs is 1. The maximum absolute atomic E-state index is 13.7. The number of nitrogens with one attached hydrogen (secondary N) is 1. The summed E-state index contributed by atoms with van der Waals surface area (Å²) >= 11 is 0. The first-order valence-electron chi connectivity index (χ1n) is 10.9. The molecule has 3 atom stereocenters. The molecule has 2 amide bonds. The van der Waals surface area contributed by atoms with Crippen LogP contribution in [-0.2, 0) is 32.0 Å². The molecule has 0 radical (unpaired) electrons. The maximum Gasteiger partial charge on any atom is 0.408 e. The zero-order valence-corrected chi connectivity index (χ0v) is 20.1. The standard InChI is InChI=1S/C24H36N2O6/c1-15(31-23(2,3)4)20(25-22(30)32-24(5,6)7)21(29)26-14-17-11-9-8-10-16(17)12-18(26)13-19(27)28/h8-11,15,18,20H,12-14H2,1-7H3,(H,25,30)(H,27,28)/t15?,18-,20?/m1/s1. The van der Waals surface area contributed by atoms with Crippen molar-refractivity contribution in [1.29, 1.82) is 0 Å². The molecule has 1 aliphatic rings. The second-order valence-electron chi connectivity index (χ2n) is 10.2. The number of amides is 2. The van der Waals surface area contributed by atoms with Gasteiger partial charge in [0.1, 0.15) is 11.6 Å². The van der Waals surface area contributed by atoms with Gasteiger partial charge in [0.15, 0.2) is 0 Å². The lowest BCUT2D eigenvalue weighted by atomic mass is 9.91. The summed E-state index contributed by atoms with van der Waals surface area (Å²) in [4.78, 5) is 39.3. The fraction of sp³-hybridized carbons (Fsp3) is 0.625. The van der Waals surface area contributed by atoms with E-state index in [-0.39, 0.29) is 13.0 Å². The number of hydrogen-bond donors (Lipinski definition) is 2. The molecule has 0 spiro atoms. The van der Waals surface area contributed by atoms with Crippen molar-refractivity contribution in [3.05, 3.63) is 35.4 Å². The van der Waals surface area contributed by atoms with Crippen molar-refractivity contribution in [2.75, 3.05) is 0 Å². The Kier molecular flexibility index (Phi) is 7.93. The summed E-state index contributed by atoms with van der Waals surface area (Å²) in [6.07, 6.45) is -1.15. The van der Waals surface area contributed by atoms with Gasteiger partial charge in [-0.3, -0.25) is 9.59 Å². The predicted octanol–water partition coefficient (Wildman–Crippen LogP) is 3.51. The quantitative estimate of drug-likeness (QED) is 0.690. The predicted molar refractivity (Wildman–Crippen MR) is 120 cm³/mol. The third-order valence-electron chi connectivity index (χ3n) is 5.00. The summed E-state index contributed by atoms with van der Waals surface area (Å²) in [6.45, 7) is 12.8. The van der Waals surface area contributed by atoms with Crippen LogP contribution in [0.2, 0.25) is 0 Å². The van der Waals surface area contributed by atoms with Crippen molar-refractivity contribution >= 4 is 18.0 Å². The number of ether oxygens (including phenoxy) is 2. The number of carboxylic acid groups (broad SMARTS) is 1. The van der Waals surface area contributed by atoms with Gasteiger partial charge < -0.3 is 24.8 Å². The van der Waals surface area contributed by atoms with Crippen LogP contribution in [0.5, 0.6) is 0 Å². The number of nitrogens with zero attached hydrogens (tertiary/aromatic N) is 1. The second kappa shape index (κ2) is 9.90. The average Bonchev–Trinajstić information content (AvgIpc) is 2.61. The first kappa shape index (κ1) is 25.6. The molecule has 0 aromatic heterocycles. The van der Waals surface area contributed by atoms with Gasteiger partial charge in [-0.05, 0) is 66.0 Å². The SMILES string of the molecule is CC(OC(C)(C)C)C(NC(=O)OC(C)(C)C)C(=O)N1Cc2ccccc2C[C@@H]1CC(=O)O. The van der Waals surface area contributed by atoms with Gasteiger partial charge in [0, 0.05) is 12.6 Å². The lowest BCUT2D eigenvalue weighted by Crippen LogP contribution is -2.59. The Hall–Kier alpha value is -2.61. The lowest BCUT2D eigenvalue weighted by molar-refractivity contribution is -0.147. The number of alkyl carbamates (subject to hydrolysis) is 1. The molecular formula is C24H36N2O6. The number of carbonyl (C=O) groups is 3. The smallest absolute Gasteiger partial charge is 0.408 e. The van der Waals surface area contributed by atoms with Crippen molar-refractivity contribution in [3.8, 4) is 0 Å². The number of aliphatic carboxylic acids is 1. The van der Waals surface area contributed by atoms with E-state index in [2.05, 4.69) is 5.32 Å². The van der Waals surface area contributed by atoms with Crippen LogP contribution in [0, 0.1) is 0 Å². The first-order valence-corrected chi connectivity index (χ1v) is 10.9. The van der Waals surface area contributed by atoms with E-state index >= 15 is 0 Å². The van der Waals surface area contributed by atoms with Gasteiger partial charge in [0.2, 0.25) is 5.91 Å². The zero-order chi connectivity index (χ0) is 24.3. The number of carboxylic acids is 1. The third kappa shape index (κ3) is 7.51. The monoisotopic (exact) mass is 448 g/mol. The molecule has 2 N–H and O–H groups in total. The van der Waals surface area contributed by atoms with Crippen LogP contribution in [-0.4, -0.2) is 57.4 Å². The second-order valence-corrected chi connectivity index (χ2v) is 10.2. The Morgan fingerprint density at radius 1 is 1.09 bits per heavy atom. The normalized spacial score (nSPS) is 18.3. The minimum atomic E-state index is -1.04. The highest BCUT2D eigenvalue weighted by molar-refractivity contribution is 5.87. The summed E-state index contributed by atoms with van der Waals surface area (Å²) in [7, 11) is 0. The third-order valence-corrected chi connectivity index (χ3v) is 5.00. The van der Waals surface area contributed by atoms with Crippen molar-refractivity contribution in [2.24, 2.45) is 0 Å². The highest BCUT2D eigenvalue weighted by atomic mass is 16.6. The Balaban J connectivity index is 2.35. The van der Waals surface area contributed by atoms with Crippen LogP contribution in [0.3, 0.4) is 0 Å². The molecule has 8 heteroatoms. The van der Waals surface area contributed by atoms with Crippen LogP contribution in [0.1, 0.15) is 66.0 Å². The van der Waals surface area contributed by atoms with Gasteiger partial charge >= 0.3 is 12.1 Å². The molecule has 1 aromatic carbocycles. The number of rotatable bonds is 6. The highest BCUT2D eigenvalue weighted by Crippen LogP contribution is 2.27. The van der Waals surface area contributed by atoms with E-state index in [1.807, 2.05) is 45.0 Å². The first-order chi connectivity index (χ1) is 14.7. The van der Waals surface area contributed by atoms with E-state index in [0.29, 0.717) is 6.42 Å². The molecule has 0 saturated carbocycles. The molecule has 8 nitrogen and oxygen atoms in total. The minimum absolute atomic E-state index is 0.187. The van der Waals surface area contributed by atoms with E-state index in [1.165, 1.54) is 0 Å². The van der Waals surface area contributed by atoms with Crippen LogP contribution in [0.25, 0.3) is 0 Å². The van der Waals surface area contributed by atoms with E-state index in [9.17, 15) is 19.5 Å². The van der Waals surface area contributed by atoms with E-state index in [1.54, 1.807) is 32.6 Å². The molecule has 1 aromatic rings. The van der Waals surface area contributed by atoms with Crippen molar-refractivity contribution < 1.29 is 29.0 Å². The molecule has 0 saturated heterocycles. The topological polar surface area (TPSA) is 105 Å². The summed E-state index contributed by atoms with van der Waals surface area (Å²) < 4.78 is 11.4. The number of carbonyl (C=O) groups excluding carboxylic acids is 2. The van der Waals surface area contributed by atoms with Gasteiger partial charge in [-0.2, -0.15) is 0 Å². The Bertz CT molecular complexity index is 840. The molecule has 1 heterocycles. The molecule has 1 aliphatic heterocycles. The summed E-state index contributed by atoms with van der Waals surface area (Å²) in [5, 5.41) is 12.1. The van der Waals surface area contributed by atoms with Crippen molar-refractivity contribution in [1.82, 2.24) is 10.2 Å². The van der Waals surface area contributed by atoms with Gasteiger partial charge in [0.05, 0.1) is 18.1 Å². The number of benzene rings is 1. The Labute approximate surface area is 190 Å². The molecular weight excluding hydrogens is 412 g/mol. The maximum atomic E-state index is 13.7. The van der Waals surface area contributed by atoms with Gasteiger partial charge in [-0.25, -0.2) is 4.79 Å². The van der Waals surface area contributed by atoms with E-state index < -0.39 is 47.4 Å². The average molecular weight is 449 g/mol. The van der Waals surface area contributed by atoms with Crippen molar-refractivity contribution in [3.63, 3.8) is 0 Å². The lowest BCUT2D eigenvalue weighted by Gasteiger charge is -2.40. The van der Waals surface area contributed by atoms with Gasteiger partial charge in [-0.15, -0.1) is 0 Å². The summed E-state index contributed by atoms with van der Waals surface area (Å²) in [6, 6.07) is 6.11. The molecule has 0 fully saturated rings. The minimum Gasteiger partial charge on any atom is -0.481 e. The summed E-state index contributed by atoms with van der Waals surface area (Å²) in [5.41, 5.74) is 0.700. The molecule has 32 heavy (non-hydrogen) atoms. The van der Waals surface area contributed by atoms with E-state index in [4.69, 9.17) is 9.47 Å². The highest BCUT2D eigenvalue weighted by Gasteiger charge is 2.39. The molecule has 178 valence electrons. The summed E-state index contributed by atoms with van der Waals surface area (Å²) in [5.74, 6) is -1.38. The van der Waals surface area contributed by atoms with E-state index in [0.717, 1.165) is 11.1 Å². The number of hydrogen-bond acceptors (Lipinski definition) is 5. The van der Waals surface area contributed by atoms with Crippen LogP contribution < -0.4 is 5.32 Å². The fourth-order valence-electron chi connectivity index (χ4n) is 3.85. The van der Waals surface area contributed by atoms with Gasteiger partial charge in [-0.1, -0.05) is 24.3 Å². The molecule has 2 unspecified atom stereocenters. The molecule has 2 rings (SSSR count). The van der Waals surface area contributed by atoms with Crippen LogP contribution in [0.15, 0.2) is 24.3 Å². The largest absolute Gasteiger partial charge is 0.481 e. The Morgan fingerprint density at radius 2 is 1.69 bits per heavy atom. The molecule has 0 bridgehead atoms. The van der Waals surface area contributed by atoms with Crippen molar-refractivity contribution in [2.45, 2.75) is 97.2 Å².